The maximum absolute atomic E-state index is 12.2. The average molecular weight is 364 g/mol. The molecule has 27 heavy (non-hydrogen) atoms. The lowest BCUT2D eigenvalue weighted by molar-refractivity contribution is -0.120. The van der Waals surface area contributed by atoms with E-state index in [0.29, 0.717) is 17.1 Å². The molecule has 0 bridgehead atoms. The molecule has 1 atom stereocenters. The van der Waals surface area contributed by atoms with Gasteiger partial charge in [-0.15, -0.1) is 0 Å². The maximum atomic E-state index is 12.2. The molecule has 0 aliphatic heterocycles. The molecule has 3 rings (SSSR count). The van der Waals surface area contributed by atoms with Gasteiger partial charge in [-0.25, -0.2) is 0 Å². The van der Waals surface area contributed by atoms with Gasteiger partial charge in [-0.1, -0.05) is 18.2 Å². The number of ether oxygens (including phenoxy) is 1. The van der Waals surface area contributed by atoms with Gasteiger partial charge in [-0.2, -0.15) is 0 Å². The van der Waals surface area contributed by atoms with Crippen LogP contribution >= 0.6 is 0 Å². The smallest absolute Gasteiger partial charge is 0.251 e. The molecule has 0 saturated carbocycles. The minimum Gasteiger partial charge on any atom is -0.467 e. The van der Waals surface area contributed by atoms with Gasteiger partial charge >= 0.3 is 0 Å². The van der Waals surface area contributed by atoms with E-state index in [4.69, 9.17) is 9.15 Å². The van der Waals surface area contributed by atoms with E-state index in [1.165, 1.54) is 0 Å². The summed E-state index contributed by atoms with van der Waals surface area (Å²) in [6.45, 7) is 1.69. The van der Waals surface area contributed by atoms with Gasteiger partial charge < -0.3 is 19.8 Å². The third-order valence-electron chi connectivity index (χ3n) is 3.85. The molecule has 0 unspecified atom stereocenters. The van der Waals surface area contributed by atoms with Crippen molar-refractivity contribution in [2.45, 2.75) is 13.0 Å². The minimum absolute atomic E-state index is 0.119. The molecule has 0 saturated heterocycles. The number of furan rings is 1. The normalized spacial score (nSPS) is 11.4. The van der Waals surface area contributed by atoms with Crippen molar-refractivity contribution in [3.63, 3.8) is 0 Å². The van der Waals surface area contributed by atoms with E-state index < -0.39 is 0 Å². The van der Waals surface area contributed by atoms with Crippen LogP contribution in [0.2, 0.25) is 0 Å². The van der Waals surface area contributed by atoms with Crippen molar-refractivity contribution < 1.29 is 18.7 Å². The number of hydrogen-bond donors (Lipinski definition) is 2. The number of para-hydroxylation sites is 1. The van der Waals surface area contributed by atoms with Crippen molar-refractivity contribution in [3.05, 3.63) is 84.3 Å². The molecule has 0 aliphatic rings. The lowest BCUT2D eigenvalue weighted by Crippen LogP contribution is -2.37. The number of benzene rings is 2. The van der Waals surface area contributed by atoms with E-state index in [-0.39, 0.29) is 24.4 Å². The summed E-state index contributed by atoms with van der Waals surface area (Å²) < 4.78 is 10.9. The van der Waals surface area contributed by atoms with Crippen LogP contribution in [-0.4, -0.2) is 18.4 Å². The van der Waals surface area contributed by atoms with Crippen LogP contribution in [0.1, 0.15) is 29.1 Å². The molecule has 6 nitrogen and oxygen atoms in total. The molecule has 2 aromatic carbocycles. The first-order valence-corrected chi connectivity index (χ1v) is 8.56. The SMILES string of the molecule is C[C@H](NC(=O)CNC(=O)c1ccc(Oc2ccccc2)cc1)c1ccco1. The highest BCUT2D eigenvalue weighted by atomic mass is 16.5. The van der Waals surface area contributed by atoms with Crippen molar-refractivity contribution in [3.8, 4) is 11.5 Å². The van der Waals surface area contributed by atoms with Gasteiger partial charge in [0.05, 0.1) is 18.8 Å². The Bertz CT molecular complexity index is 874. The van der Waals surface area contributed by atoms with E-state index in [0.717, 1.165) is 5.75 Å². The highest BCUT2D eigenvalue weighted by Gasteiger charge is 2.13. The van der Waals surface area contributed by atoms with Crippen molar-refractivity contribution in [1.82, 2.24) is 10.6 Å². The van der Waals surface area contributed by atoms with Gasteiger partial charge in [0, 0.05) is 5.56 Å². The van der Waals surface area contributed by atoms with Gasteiger partial charge in [0.25, 0.3) is 5.91 Å². The van der Waals surface area contributed by atoms with Crippen molar-refractivity contribution in [1.29, 1.82) is 0 Å². The van der Waals surface area contributed by atoms with Crippen molar-refractivity contribution in [2.24, 2.45) is 0 Å². The van der Waals surface area contributed by atoms with Crippen molar-refractivity contribution in [2.75, 3.05) is 6.54 Å². The van der Waals surface area contributed by atoms with E-state index in [1.807, 2.05) is 37.3 Å². The Hall–Kier alpha value is -3.54. The molecule has 2 N–H and O–H groups in total. The second-order valence-electron chi connectivity index (χ2n) is 5.93. The summed E-state index contributed by atoms with van der Waals surface area (Å²) in [5, 5.41) is 5.35. The standard InChI is InChI=1S/C21H20N2O4/c1-15(19-8-5-13-26-19)23-20(24)14-22-21(25)16-9-11-18(12-10-16)27-17-6-3-2-4-7-17/h2-13,15H,14H2,1H3,(H,22,25)(H,23,24)/t15-/m0/s1. The Kier molecular flexibility index (Phi) is 5.89. The molecule has 0 aliphatic carbocycles. The summed E-state index contributed by atoms with van der Waals surface area (Å²) in [4.78, 5) is 24.1. The van der Waals surface area contributed by atoms with Gasteiger partial charge in [0.1, 0.15) is 17.3 Å². The Morgan fingerprint density at radius 3 is 2.33 bits per heavy atom. The number of carbonyl (C=O) groups is 2. The zero-order chi connectivity index (χ0) is 19.1. The second-order valence-corrected chi connectivity index (χ2v) is 5.93. The maximum Gasteiger partial charge on any atom is 0.251 e. The Balaban J connectivity index is 1.48. The average Bonchev–Trinajstić information content (AvgIpc) is 3.22. The first-order valence-electron chi connectivity index (χ1n) is 8.56. The first-order chi connectivity index (χ1) is 13.1. The summed E-state index contributed by atoms with van der Waals surface area (Å²) in [5.74, 6) is 1.38. The molecular weight excluding hydrogens is 344 g/mol. The topological polar surface area (TPSA) is 80.6 Å². The van der Waals surface area contributed by atoms with Crippen LogP contribution in [0.4, 0.5) is 0 Å². The second kappa shape index (κ2) is 8.71. The van der Waals surface area contributed by atoms with Crippen LogP contribution < -0.4 is 15.4 Å². The quantitative estimate of drug-likeness (QED) is 0.670. The zero-order valence-corrected chi connectivity index (χ0v) is 14.8. The van der Waals surface area contributed by atoms with Crippen LogP contribution in [0.5, 0.6) is 11.5 Å². The molecule has 1 aromatic heterocycles. The molecule has 1 heterocycles. The lowest BCUT2D eigenvalue weighted by Gasteiger charge is -2.12. The summed E-state index contributed by atoms with van der Waals surface area (Å²) >= 11 is 0. The zero-order valence-electron chi connectivity index (χ0n) is 14.8. The Morgan fingerprint density at radius 1 is 0.963 bits per heavy atom. The van der Waals surface area contributed by atoms with Gasteiger partial charge in [-0.05, 0) is 55.5 Å². The van der Waals surface area contributed by atoms with Crippen LogP contribution in [-0.2, 0) is 4.79 Å². The van der Waals surface area contributed by atoms with Gasteiger partial charge in [-0.3, -0.25) is 9.59 Å². The van der Waals surface area contributed by atoms with Crippen LogP contribution in [0, 0.1) is 0 Å². The lowest BCUT2D eigenvalue weighted by atomic mass is 10.2. The fraction of sp³-hybridized carbons (Fsp3) is 0.143. The summed E-state index contributed by atoms with van der Waals surface area (Å²) in [7, 11) is 0. The van der Waals surface area contributed by atoms with Crippen LogP contribution in [0.25, 0.3) is 0 Å². The van der Waals surface area contributed by atoms with E-state index >= 15 is 0 Å². The van der Waals surface area contributed by atoms with Gasteiger partial charge in [0.2, 0.25) is 5.91 Å². The van der Waals surface area contributed by atoms with E-state index in [9.17, 15) is 9.59 Å². The number of hydrogen-bond acceptors (Lipinski definition) is 4. The Labute approximate surface area is 157 Å². The van der Waals surface area contributed by atoms with E-state index in [1.54, 1.807) is 42.7 Å². The number of nitrogens with one attached hydrogen (secondary N) is 2. The van der Waals surface area contributed by atoms with E-state index in [2.05, 4.69) is 10.6 Å². The Morgan fingerprint density at radius 2 is 1.67 bits per heavy atom. The summed E-state index contributed by atoms with van der Waals surface area (Å²) in [6, 6.07) is 19.4. The number of carbonyl (C=O) groups excluding carboxylic acids is 2. The predicted octanol–water partition coefficient (Wildman–Crippen LogP) is 3.68. The fourth-order valence-electron chi connectivity index (χ4n) is 2.46. The summed E-state index contributed by atoms with van der Waals surface area (Å²) in [5.41, 5.74) is 0.447. The third kappa shape index (κ3) is 5.22. The molecule has 138 valence electrons. The fourth-order valence-corrected chi connectivity index (χ4v) is 2.46. The number of rotatable bonds is 7. The molecule has 0 fully saturated rings. The summed E-state index contributed by atoms with van der Waals surface area (Å²) in [6.07, 6.45) is 1.55. The molecule has 6 heteroatoms. The third-order valence-corrected chi connectivity index (χ3v) is 3.85. The van der Waals surface area contributed by atoms with Crippen molar-refractivity contribution >= 4 is 11.8 Å². The molecule has 2 amide bonds. The number of amides is 2. The van der Waals surface area contributed by atoms with Gasteiger partial charge in [0.15, 0.2) is 0 Å². The van der Waals surface area contributed by atoms with Crippen LogP contribution in [0.15, 0.2) is 77.4 Å². The molecule has 0 radical (unpaired) electrons. The highest BCUT2D eigenvalue weighted by Crippen LogP contribution is 2.21. The minimum atomic E-state index is -0.331. The first kappa shape index (κ1) is 18.3. The molecular formula is C21H20N2O4. The molecule has 3 aromatic rings. The highest BCUT2D eigenvalue weighted by molar-refractivity contribution is 5.96. The molecule has 0 spiro atoms. The predicted molar refractivity (Wildman–Crippen MR) is 101 cm³/mol. The monoisotopic (exact) mass is 364 g/mol. The largest absolute Gasteiger partial charge is 0.467 e. The van der Waals surface area contributed by atoms with Crippen LogP contribution in [0.3, 0.4) is 0 Å².